The first-order valence-corrected chi connectivity index (χ1v) is 10.9. The lowest BCUT2D eigenvalue weighted by atomic mass is 10.1. The highest BCUT2D eigenvalue weighted by Gasteiger charge is 2.35. The van der Waals surface area contributed by atoms with Gasteiger partial charge in [0.1, 0.15) is 5.37 Å². The minimum Gasteiger partial charge on any atom is -0.326 e. The summed E-state index contributed by atoms with van der Waals surface area (Å²) >= 11 is 1.42. The van der Waals surface area contributed by atoms with E-state index < -0.39 is 11.7 Å². The van der Waals surface area contributed by atoms with Gasteiger partial charge in [-0.2, -0.15) is 13.2 Å². The van der Waals surface area contributed by atoms with Crippen molar-refractivity contribution in [2.75, 3.05) is 16.0 Å². The summed E-state index contributed by atoms with van der Waals surface area (Å²) in [6, 6.07) is 11.9. The van der Waals surface area contributed by atoms with Gasteiger partial charge in [-0.3, -0.25) is 14.5 Å². The Labute approximate surface area is 176 Å². The number of carbonyl (C=O) groups is 2. The first-order valence-electron chi connectivity index (χ1n) is 9.85. The van der Waals surface area contributed by atoms with Crippen LogP contribution in [0.25, 0.3) is 0 Å². The number of thioether (sulfide) groups is 1. The lowest BCUT2D eigenvalue weighted by Gasteiger charge is -2.25. The van der Waals surface area contributed by atoms with Gasteiger partial charge in [0.25, 0.3) is 0 Å². The Bertz CT molecular complexity index is 923. The summed E-state index contributed by atoms with van der Waals surface area (Å²) in [4.78, 5) is 26.2. The SMILES string of the molecule is O=C(Nc1ccc(C2SCC(=O)N2c2ccc(C(F)(F)F)cc2)cc1)C1CCCC1. The number of amides is 2. The fourth-order valence-corrected chi connectivity index (χ4v) is 5.10. The Kier molecular flexibility index (Phi) is 5.77. The van der Waals surface area contributed by atoms with Gasteiger partial charge in [0, 0.05) is 17.3 Å². The summed E-state index contributed by atoms with van der Waals surface area (Å²) in [5.41, 5.74) is 1.24. The fraction of sp³-hybridized carbons (Fsp3) is 0.364. The van der Waals surface area contributed by atoms with E-state index in [9.17, 15) is 22.8 Å². The van der Waals surface area contributed by atoms with Crippen molar-refractivity contribution in [2.24, 2.45) is 5.92 Å². The highest BCUT2D eigenvalue weighted by Crippen LogP contribution is 2.42. The van der Waals surface area contributed by atoms with Crippen molar-refractivity contribution in [3.05, 3.63) is 59.7 Å². The summed E-state index contributed by atoms with van der Waals surface area (Å²) < 4.78 is 38.5. The van der Waals surface area contributed by atoms with Crippen LogP contribution in [0.3, 0.4) is 0 Å². The molecule has 30 heavy (non-hydrogen) atoms. The lowest BCUT2D eigenvalue weighted by Crippen LogP contribution is -2.27. The predicted octanol–water partition coefficient (Wildman–Crippen LogP) is 5.61. The Morgan fingerprint density at radius 3 is 2.23 bits per heavy atom. The number of anilines is 2. The Balaban J connectivity index is 1.49. The quantitative estimate of drug-likeness (QED) is 0.680. The Morgan fingerprint density at radius 1 is 1.00 bits per heavy atom. The maximum absolute atomic E-state index is 12.8. The average molecular weight is 434 g/mol. The fourth-order valence-electron chi connectivity index (χ4n) is 3.92. The summed E-state index contributed by atoms with van der Waals surface area (Å²) in [7, 11) is 0. The van der Waals surface area contributed by atoms with Crippen LogP contribution in [0.2, 0.25) is 0 Å². The van der Waals surface area contributed by atoms with Crippen LogP contribution in [0.15, 0.2) is 48.5 Å². The second kappa shape index (κ2) is 8.34. The number of alkyl halides is 3. The molecule has 158 valence electrons. The minimum absolute atomic E-state index is 0.0389. The summed E-state index contributed by atoms with van der Waals surface area (Å²) in [5.74, 6) is 0.217. The van der Waals surface area contributed by atoms with Crippen LogP contribution in [-0.2, 0) is 15.8 Å². The second-order valence-electron chi connectivity index (χ2n) is 7.56. The van der Waals surface area contributed by atoms with Crippen LogP contribution < -0.4 is 10.2 Å². The normalized spacial score (nSPS) is 20.0. The zero-order valence-electron chi connectivity index (χ0n) is 16.1. The molecular weight excluding hydrogens is 413 g/mol. The van der Waals surface area contributed by atoms with Crippen LogP contribution in [0.5, 0.6) is 0 Å². The molecule has 1 unspecified atom stereocenters. The molecule has 0 bridgehead atoms. The molecule has 1 heterocycles. The molecule has 2 amide bonds. The highest BCUT2D eigenvalue weighted by atomic mass is 32.2. The van der Waals surface area contributed by atoms with Crippen molar-refractivity contribution in [3.63, 3.8) is 0 Å². The van der Waals surface area contributed by atoms with Gasteiger partial charge in [0.05, 0.1) is 11.3 Å². The molecule has 4 rings (SSSR count). The van der Waals surface area contributed by atoms with E-state index >= 15 is 0 Å². The van der Waals surface area contributed by atoms with E-state index in [1.807, 2.05) is 12.1 Å². The van der Waals surface area contributed by atoms with Gasteiger partial charge in [-0.05, 0) is 54.8 Å². The zero-order valence-corrected chi connectivity index (χ0v) is 16.9. The van der Waals surface area contributed by atoms with E-state index in [0.717, 1.165) is 43.4 Å². The molecule has 8 heteroatoms. The largest absolute Gasteiger partial charge is 0.416 e. The van der Waals surface area contributed by atoms with Gasteiger partial charge in [0.2, 0.25) is 11.8 Å². The summed E-state index contributed by atoms with van der Waals surface area (Å²) in [6.07, 6.45) is -0.395. The topological polar surface area (TPSA) is 49.4 Å². The third kappa shape index (κ3) is 4.33. The van der Waals surface area contributed by atoms with Crippen LogP contribution in [0, 0.1) is 5.92 Å². The van der Waals surface area contributed by atoms with E-state index in [0.29, 0.717) is 11.4 Å². The van der Waals surface area contributed by atoms with Crippen LogP contribution in [0.4, 0.5) is 24.5 Å². The second-order valence-corrected chi connectivity index (χ2v) is 8.63. The van der Waals surface area contributed by atoms with Crippen LogP contribution >= 0.6 is 11.8 Å². The number of rotatable bonds is 4. The number of nitrogens with one attached hydrogen (secondary N) is 1. The average Bonchev–Trinajstić information content (AvgIpc) is 3.38. The van der Waals surface area contributed by atoms with Crippen molar-refractivity contribution in [2.45, 2.75) is 37.2 Å². The van der Waals surface area contributed by atoms with Gasteiger partial charge in [0.15, 0.2) is 0 Å². The smallest absolute Gasteiger partial charge is 0.326 e. The van der Waals surface area contributed by atoms with Crippen molar-refractivity contribution in [3.8, 4) is 0 Å². The molecule has 1 aliphatic heterocycles. The van der Waals surface area contributed by atoms with Gasteiger partial charge in [-0.25, -0.2) is 0 Å². The number of benzene rings is 2. The molecule has 2 aromatic rings. The zero-order chi connectivity index (χ0) is 21.3. The third-order valence-corrected chi connectivity index (χ3v) is 6.74. The molecule has 0 spiro atoms. The predicted molar refractivity (Wildman–Crippen MR) is 111 cm³/mol. The van der Waals surface area contributed by atoms with Crippen LogP contribution in [0.1, 0.15) is 42.2 Å². The summed E-state index contributed by atoms with van der Waals surface area (Å²) in [6.45, 7) is 0. The molecule has 0 aromatic heterocycles. The van der Waals surface area contributed by atoms with E-state index in [2.05, 4.69) is 5.32 Å². The molecule has 4 nitrogen and oxygen atoms in total. The molecular formula is C22H21F3N2O2S. The number of hydrogen-bond donors (Lipinski definition) is 1. The first-order chi connectivity index (χ1) is 14.3. The molecule has 1 saturated heterocycles. The maximum atomic E-state index is 12.8. The molecule has 1 atom stereocenters. The monoisotopic (exact) mass is 434 g/mol. The minimum atomic E-state index is -4.42. The Hall–Kier alpha value is -2.48. The van der Waals surface area contributed by atoms with E-state index in [1.165, 1.54) is 28.8 Å². The van der Waals surface area contributed by atoms with Gasteiger partial charge < -0.3 is 5.32 Å². The maximum Gasteiger partial charge on any atom is 0.416 e. The molecule has 1 N–H and O–H groups in total. The number of carbonyl (C=O) groups excluding carboxylic acids is 2. The number of halogens is 3. The number of hydrogen-bond acceptors (Lipinski definition) is 3. The van der Waals surface area contributed by atoms with E-state index in [-0.39, 0.29) is 28.9 Å². The van der Waals surface area contributed by atoms with Crippen LogP contribution in [-0.4, -0.2) is 17.6 Å². The molecule has 1 aliphatic carbocycles. The molecule has 0 radical (unpaired) electrons. The first kappa shape index (κ1) is 20.8. The number of nitrogens with zero attached hydrogens (tertiary/aromatic N) is 1. The highest BCUT2D eigenvalue weighted by molar-refractivity contribution is 8.00. The third-order valence-electron chi connectivity index (χ3n) is 5.53. The van der Waals surface area contributed by atoms with Gasteiger partial charge in [-0.1, -0.05) is 25.0 Å². The van der Waals surface area contributed by atoms with Gasteiger partial charge >= 0.3 is 6.18 Å². The molecule has 2 aromatic carbocycles. The molecule has 1 saturated carbocycles. The van der Waals surface area contributed by atoms with Crippen molar-refractivity contribution >= 4 is 35.0 Å². The van der Waals surface area contributed by atoms with Gasteiger partial charge in [-0.15, -0.1) is 11.8 Å². The Morgan fingerprint density at radius 2 is 1.63 bits per heavy atom. The standard InChI is InChI=1S/C22H21F3N2O2S/c23-22(24,25)16-7-11-18(12-8-16)27-19(28)13-30-21(27)15-5-9-17(10-6-15)26-20(29)14-3-1-2-4-14/h5-12,14,21H,1-4,13H2,(H,26,29). The van der Waals surface area contributed by atoms with Crippen molar-refractivity contribution < 1.29 is 22.8 Å². The molecule has 2 fully saturated rings. The van der Waals surface area contributed by atoms with Crippen molar-refractivity contribution in [1.29, 1.82) is 0 Å². The van der Waals surface area contributed by atoms with E-state index in [1.54, 1.807) is 12.1 Å². The van der Waals surface area contributed by atoms with E-state index in [4.69, 9.17) is 0 Å². The lowest BCUT2D eigenvalue weighted by molar-refractivity contribution is -0.137. The molecule has 2 aliphatic rings. The summed E-state index contributed by atoms with van der Waals surface area (Å²) in [5, 5.41) is 2.62. The van der Waals surface area contributed by atoms with Crippen molar-refractivity contribution in [1.82, 2.24) is 0 Å².